The standard InChI is InChI=1S/C15H15ClFNO2/c1-19-14-3-4-15(20-2)10(5-14)9-18-13-7-11(16)6-12(17)8-13/h3-8,18H,9H2,1-2H3. The van der Waals surface area contributed by atoms with E-state index in [9.17, 15) is 4.39 Å². The molecule has 0 aliphatic heterocycles. The molecule has 0 amide bonds. The van der Waals surface area contributed by atoms with Crippen LogP contribution in [0.1, 0.15) is 5.56 Å². The third-order valence-electron chi connectivity index (χ3n) is 2.83. The lowest BCUT2D eigenvalue weighted by Crippen LogP contribution is -2.02. The summed E-state index contributed by atoms with van der Waals surface area (Å²) in [4.78, 5) is 0. The van der Waals surface area contributed by atoms with Gasteiger partial charge < -0.3 is 14.8 Å². The van der Waals surface area contributed by atoms with E-state index in [1.165, 1.54) is 12.1 Å². The first-order valence-electron chi connectivity index (χ1n) is 6.03. The number of halogens is 2. The maximum atomic E-state index is 13.2. The van der Waals surface area contributed by atoms with Crippen LogP contribution in [0, 0.1) is 5.82 Å². The molecule has 0 aliphatic rings. The van der Waals surface area contributed by atoms with Crippen molar-refractivity contribution in [2.45, 2.75) is 6.54 Å². The molecule has 2 rings (SSSR count). The molecule has 0 radical (unpaired) electrons. The van der Waals surface area contributed by atoms with Gasteiger partial charge in [-0.05, 0) is 36.4 Å². The molecule has 106 valence electrons. The fourth-order valence-electron chi connectivity index (χ4n) is 1.87. The first kappa shape index (κ1) is 14.5. The molecule has 0 aliphatic carbocycles. The summed E-state index contributed by atoms with van der Waals surface area (Å²) in [6.07, 6.45) is 0. The van der Waals surface area contributed by atoms with Gasteiger partial charge in [0.15, 0.2) is 0 Å². The number of nitrogens with one attached hydrogen (secondary N) is 1. The second-order valence-electron chi connectivity index (χ2n) is 4.19. The van der Waals surface area contributed by atoms with Gasteiger partial charge in [-0.3, -0.25) is 0 Å². The SMILES string of the molecule is COc1ccc(OC)c(CNc2cc(F)cc(Cl)c2)c1. The minimum absolute atomic E-state index is 0.352. The molecule has 0 heterocycles. The van der Waals surface area contributed by atoms with Crippen molar-refractivity contribution in [2.24, 2.45) is 0 Å². The molecule has 0 saturated heterocycles. The van der Waals surface area contributed by atoms with Crippen LogP contribution in [0.3, 0.4) is 0 Å². The first-order chi connectivity index (χ1) is 9.62. The molecular weight excluding hydrogens is 281 g/mol. The molecule has 20 heavy (non-hydrogen) atoms. The highest BCUT2D eigenvalue weighted by molar-refractivity contribution is 6.30. The van der Waals surface area contributed by atoms with Crippen molar-refractivity contribution in [2.75, 3.05) is 19.5 Å². The number of ether oxygens (including phenoxy) is 2. The van der Waals surface area contributed by atoms with E-state index < -0.39 is 0 Å². The summed E-state index contributed by atoms with van der Waals surface area (Å²) in [7, 11) is 3.20. The Morgan fingerprint density at radius 3 is 2.55 bits per heavy atom. The zero-order valence-electron chi connectivity index (χ0n) is 11.2. The highest BCUT2D eigenvalue weighted by Crippen LogP contribution is 2.25. The van der Waals surface area contributed by atoms with E-state index >= 15 is 0 Å². The number of hydrogen-bond acceptors (Lipinski definition) is 3. The lowest BCUT2D eigenvalue weighted by molar-refractivity contribution is 0.399. The predicted molar refractivity (Wildman–Crippen MR) is 78.3 cm³/mol. The van der Waals surface area contributed by atoms with Crippen LogP contribution >= 0.6 is 11.6 Å². The smallest absolute Gasteiger partial charge is 0.126 e. The number of methoxy groups -OCH3 is 2. The molecule has 5 heteroatoms. The first-order valence-corrected chi connectivity index (χ1v) is 6.41. The van der Waals surface area contributed by atoms with Gasteiger partial charge in [0.2, 0.25) is 0 Å². The monoisotopic (exact) mass is 295 g/mol. The molecule has 1 N–H and O–H groups in total. The summed E-state index contributed by atoms with van der Waals surface area (Å²) in [5, 5.41) is 3.46. The van der Waals surface area contributed by atoms with Gasteiger partial charge in [-0.15, -0.1) is 0 Å². The highest BCUT2D eigenvalue weighted by Gasteiger charge is 2.06. The van der Waals surface area contributed by atoms with Gasteiger partial charge in [0.25, 0.3) is 0 Å². The summed E-state index contributed by atoms with van der Waals surface area (Å²) in [5.74, 6) is 1.10. The van der Waals surface area contributed by atoms with Crippen molar-refractivity contribution in [3.63, 3.8) is 0 Å². The average molecular weight is 296 g/mol. The van der Waals surface area contributed by atoms with E-state index in [0.717, 1.165) is 17.1 Å². The van der Waals surface area contributed by atoms with Crippen LogP contribution < -0.4 is 14.8 Å². The van der Waals surface area contributed by atoms with Gasteiger partial charge in [0.05, 0.1) is 14.2 Å². The molecule has 0 unspecified atom stereocenters. The number of anilines is 1. The van der Waals surface area contributed by atoms with Gasteiger partial charge in [0, 0.05) is 22.8 Å². The van der Waals surface area contributed by atoms with Crippen LogP contribution in [0.2, 0.25) is 5.02 Å². The Balaban J connectivity index is 2.17. The van der Waals surface area contributed by atoms with E-state index in [1.54, 1.807) is 20.3 Å². The third-order valence-corrected chi connectivity index (χ3v) is 3.05. The van der Waals surface area contributed by atoms with Crippen LogP contribution in [0.25, 0.3) is 0 Å². The second kappa shape index (κ2) is 6.48. The molecule has 0 fully saturated rings. The average Bonchev–Trinajstić information content (AvgIpc) is 2.43. The fraction of sp³-hybridized carbons (Fsp3) is 0.200. The molecular formula is C15H15ClFNO2. The number of rotatable bonds is 5. The molecule has 0 atom stereocenters. The lowest BCUT2D eigenvalue weighted by Gasteiger charge is -2.12. The van der Waals surface area contributed by atoms with Crippen molar-refractivity contribution in [1.29, 1.82) is 0 Å². The third kappa shape index (κ3) is 3.54. The summed E-state index contributed by atoms with van der Waals surface area (Å²) in [6, 6.07) is 9.83. The Morgan fingerprint density at radius 1 is 1.10 bits per heavy atom. The van der Waals surface area contributed by atoms with Gasteiger partial charge in [-0.1, -0.05) is 11.6 Å². The Kier molecular flexibility index (Phi) is 4.69. The van der Waals surface area contributed by atoms with E-state index in [1.807, 2.05) is 18.2 Å². The van der Waals surface area contributed by atoms with Gasteiger partial charge in [-0.2, -0.15) is 0 Å². The van der Waals surface area contributed by atoms with Crippen LogP contribution in [0.5, 0.6) is 11.5 Å². The van der Waals surface area contributed by atoms with E-state index in [2.05, 4.69) is 5.32 Å². The summed E-state index contributed by atoms with van der Waals surface area (Å²) < 4.78 is 23.7. The van der Waals surface area contributed by atoms with Gasteiger partial charge in [-0.25, -0.2) is 4.39 Å². The van der Waals surface area contributed by atoms with Crippen LogP contribution in [-0.2, 0) is 6.54 Å². The molecule has 0 bridgehead atoms. The van der Waals surface area contributed by atoms with Gasteiger partial charge in [0.1, 0.15) is 17.3 Å². The van der Waals surface area contributed by atoms with Gasteiger partial charge >= 0.3 is 0 Å². The molecule has 0 spiro atoms. The Morgan fingerprint density at radius 2 is 1.90 bits per heavy atom. The topological polar surface area (TPSA) is 30.5 Å². The summed E-state index contributed by atoms with van der Waals surface area (Å²) >= 11 is 5.81. The maximum absolute atomic E-state index is 13.2. The molecule has 2 aromatic carbocycles. The molecule has 0 aromatic heterocycles. The summed E-state index contributed by atoms with van der Waals surface area (Å²) in [6.45, 7) is 0.472. The van der Waals surface area contributed by atoms with E-state index in [4.69, 9.17) is 21.1 Å². The normalized spacial score (nSPS) is 10.2. The van der Waals surface area contributed by atoms with Crippen molar-refractivity contribution in [3.05, 3.63) is 52.8 Å². The zero-order valence-corrected chi connectivity index (χ0v) is 12.0. The van der Waals surface area contributed by atoms with Crippen LogP contribution in [0.15, 0.2) is 36.4 Å². The van der Waals surface area contributed by atoms with Crippen LogP contribution in [-0.4, -0.2) is 14.2 Å². The predicted octanol–water partition coefficient (Wildman–Crippen LogP) is 4.11. The molecule has 3 nitrogen and oxygen atoms in total. The Bertz CT molecular complexity index is 584. The quantitative estimate of drug-likeness (QED) is 0.900. The molecule has 0 saturated carbocycles. The zero-order chi connectivity index (χ0) is 14.5. The van der Waals surface area contributed by atoms with E-state index in [-0.39, 0.29) is 5.82 Å². The Labute approximate surface area is 122 Å². The van der Waals surface area contributed by atoms with Crippen molar-refractivity contribution >= 4 is 17.3 Å². The minimum Gasteiger partial charge on any atom is -0.497 e. The second-order valence-corrected chi connectivity index (χ2v) is 4.63. The van der Waals surface area contributed by atoms with Crippen molar-refractivity contribution in [1.82, 2.24) is 0 Å². The molecule has 2 aromatic rings. The highest BCUT2D eigenvalue weighted by atomic mass is 35.5. The number of benzene rings is 2. The largest absolute Gasteiger partial charge is 0.497 e. The van der Waals surface area contributed by atoms with Crippen molar-refractivity contribution < 1.29 is 13.9 Å². The fourth-order valence-corrected chi connectivity index (χ4v) is 2.10. The van der Waals surface area contributed by atoms with E-state index in [0.29, 0.717) is 17.3 Å². The number of hydrogen-bond donors (Lipinski definition) is 1. The lowest BCUT2D eigenvalue weighted by atomic mass is 10.2. The summed E-state index contributed by atoms with van der Waals surface area (Å²) in [5.41, 5.74) is 1.52. The van der Waals surface area contributed by atoms with Crippen LogP contribution in [0.4, 0.5) is 10.1 Å². The maximum Gasteiger partial charge on any atom is 0.126 e. The Hall–Kier alpha value is -1.94. The minimum atomic E-state index is -0.377. The van der Waals surface area contributed by atoms with Crippen molar-refractivity contribution in [3.8, 4) is 11.5 Å².